The molecule has 2 aromatic rings. The van der Waals surface area contributed by atoms with Crippen LogP contribution in [0.25, 0.3) is 6.08 Å². The second kappa shape index (κ2) is 13.0. The average Bonchev–Trinajstić information content (AvgIpc) is 3.14. The van der Waals surface area contributed by atoms with E-state index in [1.165, 1.54) is 11.3 Å². The summed E-state index contributed by atoms with van der Waals surface area (Å²) in [4.78, 5) is 21.7. The van der Waals surface area contributed by atoms with Gasteiger partial charge in [-0.25, -0.2) is 4.99 Å². The standard InChI is InChI=1S/C29H39N3O3/c1-6-31(7-2)25-16-12-24(13-17-25)21-27-28(33)32(29(35-27)30-22(3)4)20-10-8-9-11-23-14-18-26(34-5)19-15-23/h12-19,21-22H,6-11,20H2,1-5H3. The Labute approximate surface area is 210 Å². The highest BCUT2D eigenvalue weighted by Gasteiger charge is 2.34. The number of amidine groups is 1. The van der Waals surface area contributed by atoms with Gasteiger partial charge in [0.1, 0.15) is 5.75 Å². The van der Waals surface area contributed by atoms with Gasteiger partial charge in [-0.2, -0.15) is 0 Å². The highest BCUT2D eigenvalue weighted by molar-refractivity contribution is 6.11. The molecule has 35 heavy (non-hydrogen) atoms. The second-order valence-corrected chi connectivity index (χ2v) is 9.00. The van der Waals surface area contributed by atoms with Gasteiger partial charge in [-0.05, 0) is 88.4 Å². The summed E-state index contributed by atoms with van der Waals surface area (Å²) in [6.07, 6.45) is 5.81. The summed E-state index contributed by atoms with van der Waals surface area (Å²) in [6, 6.07) is 16.9. The largest absolute Gasteiger partial charge is 0.497 e. The van der Waals surface area contributed by atoms with Crippen molar-refractivity contribution in [2.45, 2.75) is 59.4 Å². The molecular weight excluding hydrogens is 438 g/mol. The van der Waals surface area contributed by atoms with Crippen molar-refractivity contribution >= 4 is 23.7 Å². The summed E-state index contributed by atoms with van der Waals surface area (Å²) < 4.78 is 11.2. The van der Waals surface area contributed by atoms with Gasteiger partial charge in [0.25, 0.3) is 5.91 Å². The monoisotopic (exact) mass is 477 g/mol. The van der Waals surface area contributed by atoms with Crippen molar-refractivity contribution in [3.05, 3.63) is 65.4 Å². The van der Waals surface area contributed by atoms with Crippen LogP contribution in [-0.2, 0) is 16.0 Å². The summed E-state index contributed by atoms with van der Waals surface area (Å²) in [5.41, 5.74) is 3.41. The Morgan fingerprint density at radius 1 is 1.00 bits per heavy atom. The molecule has 0 radical (unpaired) electrons. The summed E-state index contributed by atoms with van der Waals surface area (Å²) in [5, 5.41) is 0. The topological polar surface area (TPSA) is 54.4 Å². The van der Waals surface area contributed by atoms with Crippen LogP contribution in [0, 0.1) is 0 Å². The van der Waals surface area contributed by atoms with Crippen molar-refractivity contribution in [2.75, 3.05) is 31.6 Å². The van der Waals surface area contributed by atoms with Crippen molar-refractivity contribution in [3.8, 4) is 5.75 Å². The zero-order valence-electron chi connectivity index (χ0n) is 21.8. The predicted molar refractivity (Wildman–Crippen MR) is 144 cm³/mol. The molecule has 0 aliphatic carbocycles. The number of anilines is 1. The fraction of sp³-hybridized carbons (Fsp3) is 0.448. The molecule has 0 bridgehead atoms. The van der Waals surface area contributed by atoms with E-state index < -0.39 is 0 Å². The lowest BCUT2D eigenvalue weighted by Crippen LogP contribution is -2.31. The lowest BCUT2D eigenvalue weighted by atomic mass is 10.1. The number of hydrogen-bond acceptors (Lipinski definition) is 5. The number of methoxy groups -OCH3 is 1. The van der Waals surface area contributed by atoms with Crippen molar-refractivity contribution in [1.82, 2.24) is 4.90 Å². The zero-order chi connectivity index (χ0) is 25.2. The summed E-state index contributed by atoms with van der Waals surface area (Å²) in [6.45, 7) is 10.8. The fourth-order valence-electron chi connectivity index (χ4n) is 4.11. The van der Waals surface area contributed by atoms with E-state index in [-0.39, 0.29) is 11.9 Å². The second-order valence-electron chi connectivity index (χ2n) is 9.00. The van der Waals surface area contributed by atoms with Crippen LogP contribution in [0.5, 0.6) is 5.75 Å². The maximum atomic E-state index is 13.1. The summed E-state index contributed by atoms with van der Waals surface area (Å²) >= 11 is 0. The Kier molecular flexibility index (Phi) is 9.76. The van der Waals surface area contributed by atoms with Crippen molar-refractivity contribution < 1.29 is 14.3 Å². The van der Waals surface area contributed by atoms with Crippen molar-refractivity contribution in [2.24, 2.45) is 4.99 Å². The normalized spacial score (nSPS) is 15.8. The Bertz CT molecular complexity index is 1010. The van der Waals surface area contributed by atoms with Crippen LogP contribution >= 0.6 is 0 Å². The fourth-order valence-corrected chi connectivity index (χ4v) is 4.11. The maximum absolute atomic E-state index is 13.1. The molecule has 3 rings (SSSR count). The SMILES string of the molecule is CCN(CC)c1ccc(C=C2OC(=NC(C)C)N(CCCCCc3ccc(OC)cc3)C2=O)cc1. The number of nitrogens with zero attached hydrogens (tertiary/aromatic N) is 3. The van der Waals surface area contributed by atoms with Gasteiger partial charge in [0.2, 0.25) is 0 Å². The van der Waals surface area contributed by atoms with Crippen LogP contribution < -0.4 is 9.64 Å². The number of carbonyl (C=O) groups excluding carboxylic acids is 1. The van der Waals surface area contributed by atoms with Crippen LogP contribution in [0.1, 0.15) is 58.1 Å². The van der Waals surface area contributed by atoms with Crippen LogP contribution in [0.15, 0.2) is 59.3 Å². The van der Waals surface area contributed by atoms with E-state index >= 15 is 0 Å². The first-order valence-electron chi connectivity index (χ1n) is 12.7. The minimum Gasteiger partial charge on any atom is -0.497 e. The Morgan fingerprint density at radius 3 is 2.29 bits per heavy atom. The molecule has 6 heteroatoms. The molecule has 1 aliphatic rings. The van der Waals surface area contributed by atoms with E-state index in [1.54, 1.807) is 12.0 Å². The molecule has 0 N–H and O–H groups in total. The van der Waals surface area contributed by atoms with Gasteiger partial charge >= 0.3 is 6.02 Å². The van der Waals surface area contributed by atoms with E-state index in [0.717, 1.165) is 50.1 Å². The minimum absolute atomic E-state index is 0.0445. The molecule has 2 aromatic carbocycles. The van der Waals surface area contributed by atoms with Gasteiger partial charge < -0.3 is 14.4 Å². The third-order valence-corrected chi connectivity index (χ3v) is 6.08. The number of ether oxygens (including phenoxy) is 2. The van der Waals surface area contributed by atoms with E-state index in [0.29, 0.717) is 18.3 Å². The minimum atomic E-state index is -0.118. The first kappa shape index (κ1) is 26.3. The first-order valence-corrected chi connectivity index (χ1v) is 12.7. The molecule has 1 heterocycles. The van der Waals surface area contributed by atoms with Crippen LogP contribution in [0.3, 0.4) is 0 Å². The number of hydrogen-bond donors (Lipinski definition) is 0. The van der Waals surface area contributed by atoms with Crippen molar-refractivity contribution in [3.63, 3.8) is 0 Å². The Balaban J connectivity index is 1.60. The van der Waals surface area contributed by atoms with Gasteiger partial charge in [0.05, 0.1) is 7.11 Å². The van der Waals surface area contributed by atoms with Crippen LogP contribution in [0.2, 0.25) is 0 Å². The van der Waals surface area contributed by atoms with Gasteiger partial charge in [0, 0.05) is 31.4 Å². The number of aryl methyl sites for hydroxylation is 1. The lowest BCUT2D eigenvalue weighted by molar-refractivity contribution is -0.122. The molecule has 6 nitrogen and oxygen atoms in total. The predicted octanol–water partition coefficient (Wildman–Crippen LogP) is 5.92. The average molecular weight is 478 g/mol. The number of carbonyl (C=O) groups is 1. The van der Waals surface area contributed by atoms with Gasteiger partial charge in [-0.15, -0.1) is 0 Å². The lowest BCUT2D eigenvalue weighted by Gasteiger charge is -2.20. The Hall–Kier alpha value is -3.28. The van der Waals surface area contributed by atoms with Crippen LogP contribution in [-0.4, -0.2) is 49.6 Å². The van der Waals surface area contributed by atoms with Gasteiger partial charge in [-0.3, -0.25) is 9.69 Å². The quantitative estimate of drug-likeness (QED) is 0.281. The molecule has 1 amide bonds. The third-order valence-electron chi connectivity index (χ3n) is 6.08. The van der Waals surface area contributed by atoms with E-state index in [4.69, 9.17) is 9.47 Å². The number of rotatable bonds is 12. The van der Waals surface area contributed by atoms with E-state index in [2.05, 4.69) is 48.0 Å². The molecule has 0 saturated carbocycles. The maximum Gasteiger partial charge on any atom is 0.300 e. The molecular formula is C29H39N3O3. The van der Waals surface area contributed by atoms with E-state index in [1.807, 2.05) is 44.2 Å². The van der Waals surface area contributed by atoms with Crippen molar-refractivity contribution in [1.29, 1.82) is 0 Å². The third kappa shape index (κ3) is 7.35. The zero-order valence-corrected chi connectivity index (χ0v) is 21.8. The molecule has 0 unspecified atom stereocenters. The highest BCUT2D eigenvalue weighted by Crippen LogP contribution is 2.23. The first-order chi connectivity index (χ1) is 16.9. The number of benzene rings is 2. The number of amides is 1. The Morgan fingerprint density at radius 2 is 1.69 bits per heavy atom. The molecule has 0 atom stereocenters. The smallest absolute Gasteiger partial charge is 0.300 e. The van der Waals surface area contributed by atoms with E-state index in [9.17, 15) is 4.79 Å². The van der Waals surface area contributed by atoms with Gasteiger partial charge in [-0.1, -0.05) is 30.7 Å². The molecule has 0 aromatic heterocycles. The molecule has 0 spiro atoms. The van der Waals surface area contributed by atoms with Crippen LogP contribution in [0.4, 0.5) is 5.69 Å². The number of aliphatic imine (C=N–C) groups is 1. The van der Waals surface area contributed by atoms with Gasteiger partial charge in [0.15, 0.2) is 5.76 Å². The summed E-state index contributed by atoms with van der Waals surface area (Å²) in [7, 11) is 1.68. The molecule has 188 valence electrons. The molecule has 1 aliphatic heterocycles. The summed E-state index contributed by atoms with van der Waals surface area (Å²) in [5.74, 6) is 1.09. The molecule has 1 fully saturated rings. The number of unbranched alkanes of at least 4 members (excludes halogenated alkanes) is 2. The molecule has 1 saturated heterocycles. The highest BCUT2D eigenvalue weighted by atomic mass is 16.5.